The molecule has 0 bridgehead atoms. The van der Waals surface area contributed by atoms with Crippen LogP contribution in [0, 0.1) is 34.3 Å². The topological polar surface area (TPSA) is 52.5 Å². The molecular formula is C44H25F2N3. The van der Waals surface area contributed by atoms with Gasteiger partial charge in [0.15, 0.2) is 0 Å². The van der Waals surface area contributed by atoms with Crippen LogP contribution in [-0.2, 0) is 0 Å². The fraction of sp³-hybridized carbons (Fsp3) is 0. The third-order valence-corrected chi connectivity index (χ3v) is 8.93. The van der Waals surface area contributed by atoms with E-state index >= 15 is 0 Å². The Morgan fingerprint density at radius 3 is 1.45 bits per heavy atom. The van der Waals surface area contributed by atoms with E-state index in [1.54, 1.807) is 12.1 Å². The number of aromatic nitrogens is 1. The zero-order chi connectivity index (χ0) is 33.5. The molecule has 0 spiro atoms. The minimum absolute atomic E-state index is 0.241. The number of fused-ring (bicyclic) bond motifs is 3. The van der Waals surface area contributed by atoms with Gasteiger partial charge in [-0.05, 0) is 106 Å². The molecule has 0 fully saturated rings. The number of hydrogen-bond acceptors (Lipinski definition) is 2. The predicted octanol–water partition coefficient (Wildman–Crippen LogP) is 11.5. The van der Waals surface area contributed by atoms with Crippen LogP contribution in [0.15, 0.2) is 152 Å². The van der Waals surface area contributed by atoms with Gasteiger partial charge in [-0.1, -0.05) is 84.9 Å². The highest BCUT2D eigenvalue weighted by molar-refractivity contribution is 6.12. The number of nitriles is 2. The zero-order valence-corrected chi connectivity index (χ0v) is 26.0. The van der Waals surface area contributed by atoms with E-state index in [-0.39, 0.29) is 11.1 Å². The minimum Gasteiger partial charge on any atom is -0.309 e. The lowest BCUT2D eigenvalue weighted by Gasteiger charge is -2.17. The lowest BCUT2D eigenvalue weighted by molar-refractivity contribution is 0.627. The van der Waals surface area contributed by atoms with Gasteiger partial charge in [-0.25, -0.2) is 8.78 Å². The molecule has 0 aliphatic heterocycles. The summed E-state index contributed by atoms with van der Waals surface area (Å²) in [6.07, 6.45) is 0. The quantitative estimate of drug-likeness (QED) is 0.189. The van der Waals surface area contributed by atoms with Crippen molar-refractivity contribution in [3.63, 3.8) is 0 Å². The van der Waals surface area contributed by atoms with Crippen LogP contribution >= 0.6 is 0 Å². The smallest absolute Gasteiger partial charge is 0.125 e. The molecule has 0 aliphatic carbocycles. The summed E-state index contributed by atoms with van der Waals surface area (Å²) in [4.78, 5) is 0. The first-order chi connectivity index (χ1) is 24.0. The van der Waals surface area contributed by atoms with Crippen molar-refractivity contribution in [2.45, 2.75) is 0 Å². The Kier molecular flexibility index (Phi) is 7.29. The Balaban J connectivity index is 1.42. The first kappa shape index (κ1) is 29.6. The normalized spacial score (nSPS) is 11.0. The van der Waals surface area contributed by atoms with Gasteiger partial charge in [-0.15, -0.1) is 0 Å². The van der Waals surface area contributed by atoms with Gasteiger partial charge in [-0.2, -0.15) is 10.5 Å². The Morgan fingerprint density at radius 1 is 0.408 bits per heavy atom. The van der Waals surface area contributed by atoms with E-state index in [1.165, 1.54) is 24.3 Å². The summed E-state index contributed by atoms with van der Waals surface area (Å²) in [5.74, 6) is -0.964. The lowest BCUT2D eigenvalue weighted by Crippen LogP contribution is -1.98. The van der Waals surface area contributed by atoms with E-state index in [0.29, 0.717) is 11.1 Å². The summed E-state index contributed by atoms with van der Waals surface area (Å²) in [5, 5.41) is 20.8. The van der Waals surface area contributed by atoms with Crippen LogP contribution in [0.1, 0.15) is 11.1 Å². The number of halogens is 2. The molecule has 8 aromatic rings. The molecule has 0 atom stereocenters. The molecule has 0 radical (unpaired) electrons. The second-order valence-electron chi connectivity index (χ2n) is 11.9. The fourth-order valence-corrected chi connectivity index (χ4v) is 6.77. The highest BCUT2D eigenvalue weighted by Gasteiger charge is 2.19. The highest BCUT2D eigenvalue weighted by atomic mass is 19.1. The molecule has 0 saturated heterocycles. The molecule has 0 aliphatic rings. The van der Waals surface area contributed by atoms with Gasteiger partial charge in [0.25, 0.3) is 0 Å². The van der Waals surface area contributed by atoms with E-state index in [4.69, 9.17) is 0 Å². The fourth-order valence-electron chi connectivity index (χ4n) is 6.77. The van der Waals surface area contributed by atoms with Crippen molar-refractivity contribution in [3.05, 3.63) is 174 Å². The molecule has 230 valence electrons. The van der Waals surface area contributed by atoms with Gasteiger partial charge in [-0.3, -0.25) is 0 Å². The molecule has 5 heteroatoms. The second kappa shape index (κ2) is 12.1. The molecule has 1 heterocycles. The third kappa shape index (κ3) is 5.30. The number of hydrogen-bond donors (Lipinski definition) is 0. The van der Waals surface area contributed by atoms with E-state index in [9.17, 15) is 19.3 Å². The molecule has 7 aromatic carbocycles. The molecule has 0 N–H and O–H groups in total. The Morgan fingerprint density at radius 2 is 0.898 bits per heavy atom. The van der Waals surface area contributed by atoms with Crippen molar-refractivity contribution in [3.8, 4) is 62.3 Å². The van der Waals surface area contributed by atoms with Crippen LogP contribution in [-0.4, -0.2) is 4.57 Å². The molecule has 0 unspecified atom stereocenters. The van der Waals surface area contributed by atoms with Crippen molar-refractivity contribution in [1.82, 2.24) is 4.57 Å². The maximum absolute atomic E-state index is 14.6. The van der Waals surface area contributed by atoms with Crippen LogP contribution in [0.3, 0.4) is 0 Å². The van der Waals surface area contributed by atoms with Crippen molar-refractivity contribution in [1.29, 1.82) is 10.5 Å². The summed E-state index contributed by atoms with van der Waals surface area (Å²) in [5.41, 5.74) is 10.4. The first-order valence-electron chi connectivity index (χ1n) is 15.8. The molecule has 3 nitrogen and oxygen atoms in total. The number of nitrogens with zero attached hydrogens (tertiary/aromatic N) is 3. The third-order valence-electron chi connectivity index (χ3n) is 8.93. The van der Waals surface area contributed by atoms with E-state index in [1.807, 2.05) is 78.9 Å². The van der Waals surface area contributed by atoms with Crippen LogP contribution in [0.2, 0.25) is 0 Å². The molecular weight excluding hydrogens is 609 g/mol. The zero-order valence-electron chi connectivity index (χ0n) is 26.0. The largest absolute Gasteiger partial charge is 0.309 e. The average Bonchev–Trinajstić information content (AvgIpc) is 3.47. The monoisotopic (exact) mass is 633 g/mol. The summed E-state index contributed by atoms with van der Waals surface area (Å²) in [6, 6.07) is 51.7. The lowest BCUT2D eigenvalue weighted by atomic mass is 9.93. The van der Waals surface area contributed by atoms with E-state index in [2.05, 4.69) is 53.1 Å². The first-order valence-corrected chi connectivity index (χ1v) is 15.8. The summed E-state index contributed by atoms with van der Waals surface area (Å²) >= 11 is 0. The molecule has 0 amide bonds. The molecule has 1 aromatic heterocycles. The Labute approximate surface area is 281 Å². The van der Waals surface area contributed by atoms with Gasteiger partial charge >= 0.3 is 0 Å². The number of benzene rings is 7. The Bertz CT molecular complexity index is 2540. The van der Waals surface area contributed by atoms with Crippen molar-refractivity contribution in [2.75, 3.05) is 0 Å². The summed E-state index contributed by atoms with van der Waals surface area (Å²) in [6.45, 7) is 0. The van der Waals surface area contributed by atoms with Crippen molar-refractivity contribution in [2.24, 2.45) is 0 Å². The summed E-state index contributed by atoms with van der Waals surface area (Å²) in [7, 11) is 0. The van der Waals surface area contributed by atoms with Gasteiger partial charge in [0.05, 0.1) is 40.0 Å². The molecule has 0 saturated carbocycles. The Hall–Kier alpha value is -6.82. The summed E-state index contributed by atoms with van der Waals surface area (Å²) < 4.78 is 31.4. The van der Waals surface area contributed by atoms with Crippen LogP contribution in [0.5, 0.6) is 0 Å². The van der Waals surface area contributed by atoms with Gasteiger partial charge in [0.2, 0.25) is 0 Å². The van der Waals surface area contributed by atoms with E-state index in [0.717, 1.165) is 60.9 Å². The predicted molar refractivity (Wildman–Crippen MR) is 192 cm³/mol. The molecule has 8 rings (SSSR count). The number of para-hydroxylation sites is 1. The highest BCUT2D eigenvalue weighted by Crippen LogP contribution is 2.41. The maximum atomic E-state index is 14.6. The van der Waals surface area contributed by atoms with Crippen molar-refractivity contribution < 1.29 is 8.78 Å². The standard InChI is InChI=1S/C44H25F2N3/c45-35-20-28(26-47)18-33(22-35)31-14-16-43-40(24-31)41-25-32(34-19-29(27-48)21-36(46)23-34)15-17-44(41)49(43)42-13-7-6-12-39(42)38-11-5-4-10-37(38)30-8-2-1-3-9-30/h1-25H. The maximum Gasteiger partial charge on any atom is 0.125 e. The van der Waals surface area contributed by atoms with Crippen LogP contribution in [0.25, 0.3) is 72.0 Å². The van der Waals surface area contributed by atoms with Gasteiger partial charge in [0, 0.05) is 16.3 Å². The SMILES string of the molecule is N#Cc1cc(F)cc(-c2ccc3c(c2)c2cc(-c4cc(F)cc(C#N)c4)ccc2n3-c2ccccc2-c2ccccc2-c2ccccc2)c1. The average molecular weight is 634 g/mol. The molecule has 49 heavy (non-hydrogen) atoms. The van der Waals surface area contributed by atoms with Gasteiger partial charge in [0.1, 0.15) is 11.6 Å². The van der Waals surface area contributed by atoms with Crippen LogP contribution in [0.4, 0.5) is 8.78 Å². The number of rotatable bonds is 5. The minimum atomic E-state index is -0.482. The second-order valence-corrected chi connectivity index (χ2v) is 11.9. The van der Waals surface area contributed by atoms with Crippen molar-refractivity contribution >= 4 is 21.8 Å². The van der Waals surface area contributed by atoms with Crippen LogP contribution < -0.4 is 0 Å². The van der Waals surface area contributed by atoms with E-state index < -0.39 is 11.6 Å². The van der Waals surface area contributed by atoms with Gasteiger partial charge < -0.3 is 4.57 Å².